The van der Waals surface area contributed by atoms with Gasteiger partial charge in [0, 0.05) is 44.1 Å². The third kappa shape index (κ3) is 2.66. The molecule has 0 saturated carbocycles. The number of hydrogen-bond acceptors (Lipinski definition) is 3. The first-order valence-corrected chi connectivity index (χ1v) is 7.60. The lowest BCUT2D eigenvalue weighted by Crippen LogP contribution is -2.43. The van der Waals surface area contributed by atoms with Crippen molar-refractivity contribution in [3.63, 3.8) is 0 Å². The van der Waals surface area contributed by atoms with Crippen LogP contribution in [0, 0.1) is 11.6 Å². The average molecular weight is 314 g/mol. The maximum Gasteiger partial charge on any atom is 0.137 e. The monoisotopic (exact) mass is 314 g/mol. The molecule has 0 radical (unpaired) electrons. The minimum Gasteiger partial charge on any atom is -0.368 e. The van der Waals surface area contributed by atoms with E-state index in [9.17, 15) is 8.78 Å². The van der Waals surface area contributed by atoms with Crippen molar-refractivity contribution in [1.29, 1.82) is 0 Å². The molecule has 1 fully saturated rings. The molecule has 0 amide bonds. The van der Waals surface area contributed by atoms with Crippen molar-refractivity contribution >= 4 is 11.3 Å². The van der Waals surface area contributed by atoms with Crippen molar-refractivity contribution < 1.29 is 8.78 Å². The van der Waals surface area contributed by atoms with Gasteiger partial charge in [-0.25, -0.2) is 13.8 Å². The zero-order chi connectivity index (χ0) is 15.8. The quantitative estimate of drug-likeness (QED) is 0.789. The summed E-state index contributed by atoms with van der Waals surface area (Å²) in [4.78, 5) is 6.69. The Morgan fingerprint density at radius 2 is 1.83 bits per heavy atom. The van der Waals surface area contributed by atoms with Gasteiger partial charge in [0.05, 0.1) is 11.4 Å². The summed E-state index contributed by atoms with van der Waals surface area (Å²) in [5.41, 5.74) is 2.42. The fraction of sp³-hybridized carbons (Fsp3) is 0.235. The minimum atomic E-state index is -0.475. The highest BCUT2D eigenvalue weighted by Gasteiger charge is 2.13. The van der Waals surface area contributed by atoms with Crippen molar-refractivity contribution in [3.8, 4) is 11.3 Å². The molecule has 118 valence electrons. The summed E-state index contributed by atoms with van der Waals surface area (Å²) < 4.78 is 29.2. The number of piperazine rings is 1. The van der Waals surface area contributed by atoms with Gasteiger partial charge in [-0.3, -0.25) is 0 Å². The van der Waals surface area contributed by atoms with E-state index >= 15 is 0 Å². The number of halogens is 2. The largest absolute Gasteiger partial charge is 0.368 e. The second kappa shape index (κ2) is 5.62. The minimum absolute atomic E-state index is 0.178. The van der Waals surface area contributed by atoms with Crippen LogP contribution in [0.4, 0.5) is 14.5 Å². The first-order valence-electron chi connectivity index (χ1n) is 7.60. The van der Waals surface area contributed by atoms with E-state index in [-0.39, 0.29) is 5.56 Å². The molecule has 3 aromatic rings. The summed E-state index contributed by atoms with van der Waals surface area (Å²) in [7, 11) is 0. The highest BCUT2D eigenvalue weighted by atomic mass is 19.1. The van der Waals surface area contributed by atoms with Crippen molar-refractivity contribution in [3.05, 3.63) is 54.4 Å². The Morgan fingerprint density at radius 1 is 1.00 bits per heavy atom. The van der Waals surface area contributed by atoms with Crippen LogP contribution in [-0.4, -0.2) is 35.6 Å². The fourth-order valence-electron chi connectivity index (χ4n) is 2.91. The van der Waals surface area contributed by atoms with Crippen LogP contribution < -0.4 is 10.2 Å². The summed E-state index contributed by atoms with van der Waals surface area (Å²) in [5, 5.41) is 3.32. The predicted molar refractivity (Wildman–Crippen MR) is 85.6 cm³/mol. The first-order chi connectivity index (χ1) is 11.2. The van der Waals surface area contributed by atoms with E-state index < -0.39 is 11.6 Å². The van der Waals surface area contributed by atoms with Gasteiger partial charge in [-0.1, -0.05) is 0 Å². The SMILES string of the molecule is Fc1ccc(F)c(-c2cn3cc(N4CCNCC4)ccc3n2)c1. The number of nitrogens with zero attached hydrogens (tertiary/aromatic N) is 3. The van der Waals surface area contributed by atoms with Gasteiger partial charge in [0.15, 0.2) is 0 Å². The van der Waals surface area contributed by atoms with Gasteiger partial charge in [-0.2, -0.15) is 0 Å². The maximum atomic E-state index is 13.9. The van der Waals surface area contributed by atoms with Crippen molar-refractivity contribution in [2.75, 3.05) is 31.1 Å². The molecule has 4 nitrogen and oxygen atoms in total. The number of nitrogens with one attached hydrogen (secondary N) is 1. The molecule has 0 bridgehead atoms. The van der Waals surface area contributed by atoms with Crippen LogP contribution in [0.25, 0.3) is 16.9 Å². The Balaban J connectivity index is 1.74. The Hall–Kier alpha value is -2.47. The number of imidazole rings is 1. The molecule has 1 N–H and O–H groups in total. The fourth-order valence-corrected chi connectivity index (χ4v) is 2.91. The molecule has 1 aliphatic heterocycles. The van der Waals surface area contributed by atoms with Gasteiger partial charge in [0.2, 0.25) is 0 Å². The molecule has 4 rings (SSSR count). The van der Waals surface area contributed by atoms with Crippen molar-refractivity contribution in [2.24, 2.45) is 0 Å². The molecule has 1 aromatic carbocycles. The smallest absolute Gasteiger partial charge is 0.137 e. The Kier molecular flexibility index (Phi) is 3.46. The van der Waals surface area contributed by atoms with E-state index in [0.717, 1.165) is 44.0 Å². The van der Waals surface area contributed by atoms with Gasteiger partial charge < -0.3 is 14.6 Å². The molecular weight excluding hydrogens is 298 g/mol. The molecule has 0 atom stereocenters. The number of benzene rings is 1. The number of fused-ring (bicyclic) bond motifs is 1. The maximum absolute atomic E-state index is 13.9. The third-order valence-corrected chi connectivity index (χ3v) is 4.12. The van der Waals surface area contributed by atoms with Crippen LogP contribution >= 0.6 is 0 Å². The summed E-state index contributed by atoms with van der Waals surface area (Å²) in [5.74, 6) is -0.947. The first kappa shape index (κ1) is 14.1. The Morgan fingerprint density at radius 3 is 2.65 bits per heavy atom. The molecule has 3 heterocycles. The van der Waals surface area contributed by atoms with Gasteiger partial charge in [0.1, 0.15) is 17.3 Å². The van der Waals surface area contributed by atoms with Gasteiger partial charge in [-0.05, 0) is 30.3 Å². The molecular formula is C17H16F2N4. The second-order valence-electron chi connectivity index (χ2n) is 5.64. The average Bonchev–Trinajstić information content (AvgIpc) is 3.00. The van der Waals surface area contributed by atoms with Crippen LogP contribution in [0.2, 0.25) is 0 Å². The lowest BCUT2D eigenvalue weighted by Gasteiger charge is -2.29. The van der Waals surface area contributed by atoms with Gasteiger partial charge in [0.25, 0.3) is 0 Å². The van der Waals surface area contributed by atoms with Crippen LogP contribution in [-0.2, 0) is 0 Å². The normalized spacial score (nSPS) is 15.3. The third-order valence-electron chi connectivity index (χ3n) is 4.12. The van der Waals surface area contributed by atoms with Crippen LogP contribution in [0.1, 0.15) is 0 Å². The van der Waals surface area contributed by atoms with E-state index in [1.54, 1.807) is 6.20 Å². The lowest BCUT2D eigenvalue weighted by atomic mass is 10.1. The van der Waals surface area contributed by atoms with Gasteiger partial charge >= 0.3 is 0 Å². The zero-order valence-corrected chi connectivity index (χ0v) is 12.5. The van der Waals surface area contributed by atoms with Crippen molar-refractivity contribution in [2.45, 2.75) is 0 Å². The topological polar surface area (TPSA) is 32.6 Å². The summed E-state index contributed by atoms with van der Waals surface area (Å²) >= 11 is 0. The lowest BCUT2D eigenvalue weighted by molar-refractivity contribution is 0.588. The van der Waals surface area contributed by atoms with E-state index in [2.05, 4.69) is 15.2 Å². The van der Waals surface area contributed by atoms with Crippen LogP contribution in [0.15, 0.2) is 42.7 Å². The van der Waals surface area contributed by atoms with E-state index in [4.69, 9.17) is 0 Å². The molecule has 23 heavy (non-hydrogen) atoms. The van der Waals surface area contributed by atoms with Crippen LogP contribution in [0.5, 0.6) is 0 Å². The molecule has 2 aromatic heterocycles. The van der Waals surface area contributed by atoms with Gasteiger partial charge in [-0.15, -0.1) is 0 Å². The van der Waals surface area contributed by atoms with Crippen LogP contribution in [0.3, 0.4) is 0 Å². The zero-order valence-electron chi connectivity index (χ0n) is 12.5. The van der Waals surface area contributed by atoms with E-state index in [0.29, 0.717) is 11.3 Å². The molecule has 1 aliphatic rings. The van der Waals surface area contributed by atoms with E-state index in [1.165, 1.54) is 6.07 Å². The number of anilines is 1. The Bertz CT molecular complexity index is 853. The molecule has 0 unspecified atom stereocenters. The predicted octanol–water partition coefficient (Wildman–Crippen LogP) is 2.69. The summed E-state index contributed by atoms with van der Waals surface area (Å²) in [6.07, 6.45) is 3.72. The summed E-state index contributed by atoms with van der Waals surface area (Å²) in [6.45, 7) is 3.82. The molecule has 0 aliphatic carbocycles. The highest BCUT2D eigenvalue weighted by molar-refractivity contribution is 5.64. The van der Waals surface area contributed by atoms with Crippen molar-refractivity contribution in [1.82, 2.24) is 14.7 Å². The second-order valence-corrected chi connectivity index (χ2v) is 5.64. The molecule has 0 spiro atoms. The number of rotatable bonds is 2. The number of hydrogen-bond donors (Lipinski definition) is 1. The standard InChI is InChI=1S/C17H16F2N4/c18-12-1-3-15(19)14(9-12)16-11-23-10-13(2-4-17(23)21-16)22-7-5-20-6-8-22/h1-4,9-11,20H,5-8H2. The highest BCUT2D eigenvalue weighted by Crippen LogP contribution is 2.25. The number of aromatic nitrogens is 2. The molecule has 6 heteroatoms. The summed E-state index contributed by atoms with van der Waals surface area (Å²) in [6, 6.07) is 7.32. The van der Waals surface area contributed by atoms with E-state index in [1.807, 2.05) is 22.7 Å². The molecule has 1 saturated heterocycles. The Labute approximate surface area is 132 Å². The number of pyridine rings is 1.